The molecule has 6 nitrogen and oxygen atoms in total. The molecule has 0 bridgehead atoms. The molecule has 1 unspecified atom stereocenters. The van der Waals surface area contributed by atoms with Gasteiger partial charge in [0.2, 0.25) is 11.9 Å². The van der Waals surface area contributed by atoms with Gasteiger partial charge in [0.25, 0.3) is 5.92 Å². The number of para-hydroxylation sites is 2. The highest BCUT2D eigenvalue weighted by Gasteiger charge is 2.27. The Morgan fingerprint density at radius 1 is 1.27 bits per heavy atom. The van der Waals surface area contributed by atoms with Gasteiger partial charge in [-0.1, -0.05) is 30.3 Å². The number of imidazole rings is 1. The minimum absolute atomic E-state index is 0.0994. The molecule has 160 valence electrons. The summed E-state index contributed by atoms with van der Waals surface area (Å²) in [4.78, 5) is 22.2. The Morgan fingerprint density at radius 3 is 2.70 bits per heavy atom. The van der Waals surface area contributed by atoms with Crippen LogP contribution in [0.15, 0.2) is 48.5 Å². The number of carbonyl (C=O) groups excluding carboxylic acids is 1. The van der Waals surface area contributed by atoms with Gasteiger partial charge in [0, 0.05) is 32.0 Å². The van der Waals surface area contributed by atoms with Gasteiger partial charge in [-0.2, -0.15) is 0 Å². The molecule has 3 aromatic rings. The van der Waals surface area contributed by atoms with E-state index in [1.54, 1.807) is 12.1 Å². The van der Waals surface area contributed by atoms with Crippen LogP contribution in [0, 0.1) is 0 Å². The molecule has 1 amide bonds. The van der Waals surface area contributed by atoms with Crippen LogP contribution >= 0.6 is 0 Å². The zero-order chi connectivity index (χ0) is 21.7. The SMILES string of the molecule is CCN(CCO)C(=O)C(Cc1cccc(C(C)(F)F)c1)Nc1nc2ccccc2[nH]1. The maximum Gasteiger partial charge on any atom is 0.270 e. The molecule has 3 N–H and O–H groups in total. The van der Waals surface area contributed by atoms with Crippen molar-refractivity contribution >= 4 is 22.9 Å². The van der Waals surface area contributed by atoms with E-state index in [1.165, 1.54) is 17.0 Å². The fourth-order valence-corrected chi connectivity index (χ4v) is 3.36. The normalized spacial score (nSPS) is 12.7. The first kappa shape index (κ1) is 21.7. The number of nitrogens with zero attached hydrogens (tertiary/aromatic N) is 2. The monoisotopic (exact) mass is 416 g/mol. The maximum atomic E-state index is 13.7. The molecule has 0 aliphatic carbocycles. The summed E-state index contributed by atoms with van der Waals surface area (Å²) in [6, 6.07) is 12.8. The zero-order valence-corrected chi connectivity index (χ0v) is 17.0. The average Bonchev–Trinajstić information content (AvgIpc) is 3.13. The van der Waals surface area contributed by atoms with Crippen molar-refractivity contribution in [2.75, 3.05) is 25.0 Å². The summed E-state index contributed by atoms with van der Waals surface area (Å²) in [6.07, 6.45) is 0.196. The van der Waals surface area contributed by atoms with Gasteiger partial charge >= 0.3 is 0 Å². The number of alkyl halides is 2. The molecule has 30 heavy (non-hydrogen) atoms. The van der Waals surface area contributed by atoms with E-state index in [1.807, 2.05) is 31.2 Å². The minimum Gasteiger partial charge on any atom is -0.395 e. The van der Waals surface area contributed by atoms with Gasteiger partial charge in [-0.05, 0) is 30.7 Å². The predicted molar refractivity (Wildman–Crippen MR) is 113 cm³/mol. The van der Waals surface area contributed by atoms with E-state index in [0.717, 1.165) is 18.0 Å². The van der Waals surface area contributed by atoms with Gasteiger partial charge in [-0.3, -0.25) is 4.79 Å². The van der Waals surface area contributed by atoms with E-state index in [0.29, 0.717) is 18.1 Å². The number of aliphatic hydroxyl groups excluding tert-OH is 1. The Labute approximate surface area is 173 Å². The lowest BCUT2D eigenvalue weighted by Gasteiger charge is -2.26. The van der Waals surface area contributed by atoms with E-state index in [2.05, 4.69) is 15.3 Å². The van der Waals surface area contributed by atoms with Crippen molar-refractivity contribution < 1.29 is 18.7 Å². The summed E-state index contributed by atoms with van der Waals surface area (Å²) >= 11 is 0. The van der Waals surface area contributed by atoms with Crippen LogP contribution in [-0.2, 0) is 17.1 Å². The summed E-state index contributed by atoms with van der Waals surface area (Å²) in [5, 5.41) is 12.4. The van der Waals surface area contributed by atoms with Crippen LogP contribution in [0.4, 0.5) is 14.7 Å². The van der Waals surface area contributed by atoms with Crippen LogP contribution in [-0.4, -0.2) is 51.6 Å². The number of amides is 1. The molecule has 8 heteroatoms. The zero-order valence-electron chi connectivity index (χ0n) is 17.0. The molecule has 0 fully saturated rings. The number of aromatic amines is 1. The highest BCUT2D eigenvalue weighted by atomic mass is 19.3. The Morgan fingerprint density at radius 2 is 2.03 bits per heavy atom. The van der Waals surface area contributed by atoms with Crippen molar-refractivity contribution in [2.24, 2.45) is 0 Å². The lowest BCUT2D eigenvalue weighted by atomic mass is 10.0. The van der Waals surface area contributed by atoms with Crippen molar-refractivity contribution in [1.29, 1.82) is 0 Å². The number of halogens is 2. The highest BCUT2D eigenvalue weighted by Crippen LogP contribution is 2.28. The van der Waals surface area contributed by atoms with E-state index in [4.69, 9.17) is 0 Å². The molecule has 1 aromatic heterocycles. The Kier molecular flexibility index (Phi) is 6.66. The number of fused-ring (bicyclic) bond motifs is 1. The molecular formula is C22H26F2N4O2. The van der Waals surface area contributed by atoms with Gasteiger partial charge in [0.05, 0.1) is 17.6 Å². The number of anilines is 1. The molecule has 1 atom stereocenters. The Bertz CT molecular complexity index is 967. The first-order valence-electron chi connectivity index (χ1n) is 9.90. The minimum atomic E-state index is -2.96. The first-order valence-corrected chi connectivity index (χ1v) is 9.90. The van der Waals surface area contributed by atoms with Crippen LogP contribution in [0.3, 0.4) is 0 Å². The third-order valence-electron chi connectivity index (χ3n) is 4.94. The molecule has 0 radical (unpaired) electrons. The molecule has 0 saturated heterocycles. The van der Waals surface area contributed by atoms with E-state index in [-0.39, 0.29) is 31.0 Å². The summed E-state index contributed by atoms with van der Waals surface area (Å²) in [7, 11) is 0. The number of likely N-dealkylation sites (N-methyl/N-ethyl adjacent to an activating group) is 1. The summed E-state index contributed by atoms with van der Waals surface area (Å²) in [6.45, 7) is 3.13. The van der Waals surface area contributed by atoms with Gasteiger partial charge in [0.15, 0.2) is 0 Å². The van der Waals surface area contributed by atoms with Crippen LogP contribution in [0.2, 0.25) is 0 Å². The first-order chi connectivity index (χ1) is 14.3. The van der Waals surface area contributed by atoms with E-state index < -0.39 is 12.0 Å². The molecule has 0 aliphatic heterocycles. The topological polar surface area (TPSA) is 81.2 Å². The molecule has 3 rings (SSSR count). The number of hydrogen-bond acceptors (Lipinski definition) is 4. The lowest BCUT2D eigenvalue weighted by Crippen LogP contribution is -2.45. The number of rotatable bonds is 9. The van der Waals surface area contributed by atoms with Crippen LogP contribution < -0.4 is 5.32 Å². The Hall–Kier alpha value is -3.00. The van der Waals surface area contributed by atoms with Crippen molar-refractivity contribution in [3.05, 3.63) is 59.7 Å². The van der Waals surface area contributed by atoms with Crippen LogP contribution in [0.1, 0.15) is 25.0 Å². The number of hydrogen-bond donors (Lipinski definition) is 3. The largest absolute Gasteiger partial charge is 0.395 e. The van der Waals surface area contributed by atoms with Crippen molar-refractivity contribution in [3.63, 3.8) is 0 Å². The van der Waals surface area contributed by atoms with E-state index in [9.17, 15) is 18.7 Å². The van der Waals surface area contributed by atoms with Crippen LogP contribution in [0.25, 0.3) is 11.0 Å². The van der Waals surface area contributed by atoms with Gasteiger partial charge in [-0.15, -0.1) is 0 Å². The van der Waals surface area contributed by atoms with Crippen molar-refractivity contribution in [3.8, 4) is 0 Å². The third-order valence-corrected chi connectivity index (χ3v) is 4.94. The smallest absolute Gasteiger partial charge is 0.270 e. The lowest BCUT2D eigenvalue weighted by molar-refractivity contribution is -0.132. The van der Waals surface area contributed by atoms with Crippen molar-refractivity contribution in [1.82, 2.24) is 14.9 Å². The van der Waals surface area contributed by atoms with Crippen molar-refractivity contribution in [2.45, 2.75) is 32.2 Å². The number of aliphatic hydroxyl groups is 1. The number of nitrogens with one attached hydrogen (secondary N) is 2. The molecule has 2 aromatic carbocycles. The second-order valence-electron chi connectivity index (χ2n) is 7.23. The van der Waals surface area contributed by atoms with E-state index >= 15 is 0 Å². The standard InChI is InChI=1S/C22H26F2N4O2/c1-3-28(11-12-29)20(30)19(14-15-7-6-8-16(13-15)22(2,23)24)27-21-25-17-9-4-5-10-18(17)26-21/h4-10,13,19,29H,3,11-12,14H2,1-2H3,(H2,25,26,27). The molecule has 1 heterocycles. The number of aromatic nitrogens is 2. The van der Waals surface area contributed by atoms with Gasteiger partial charge in [-0.25, -0.2) is 13.8 Å². The van der Waals surface area contributed by atoms with Crippen LogP contribution in [0.5, 0.6) is 0 Å². The summed E-state index contributed by atoms with van der Waals surface area (Å²) < 4.78 is 27.5. The van der Waals surface area contributed by atoms with Gasteiger partial charge in [0.1, 0.15) is 6.04 Å². The quantitative estimate of drug-likeness (QED) is 0.498. The second-order valence-corrected chi connectivity index (χ2v) is 7.23. The molecule has 0 aliphatic rings. The third kappa shape index (κ3) is 5.13. The second kappa shape index (κ2) is 9.21. The maximum absolute atomic E-state index is 13.7. The molecule has 0 saturated carbocycles. The number of H-pyrrole nitrogens is 1. The fourth-order valence-electron chi connectivity index (χ4n) is 3.36. The van der Waals surface area contributed by atoms with Gasteiger partial charge < -0.3 is 20.3 Å². The number of benzene rings is 2. The predicted octanol–water partition coefficient (Wildman–Crippen LogP) is 3.54. The molecular weight excluding hydrogens is 390 g/mol. The summed E-state index contributed by atoms with van der Waals surface area (Å²) in [5.74, 6) is -2.78. The highest BCUT2D eigenvalue weighted by molar-refractivity contribution is 5.85. The Balaban J connectivity index is 1.89. The average molecular weight is 416 g/mol. The number of carbonyl (C=O) groups is 1. The molecule has 0 spiro atoms. The summed E-state index contributed by atoms with van der Waals surface area (Å²) in [5.41, 5.74) is 2.08. The fraction of sp³-hybridized carbons (Fsp3) is 0.364.